The number of likely N-dealkylation sites (N-methyl/N-ethyl adjacent to an activating group) is 1. The Bertz CT molecular complexity index is 468. The number of aryl methyl sites for hydroxylation is 2. The van der Waals surface area contributed by atoms with Gasteiger partial charge >= 0.3 is 0 Å². The zero-order chi connectivity index (χ0) is 14.5. The third-order valence-corrected chi connectivity index (χ3v) is 3.93. The first-order valence-electron chi connectivity index (χ1n) is 7.24. The largest absolute Gasteiger partial charge is 0.484 e. The van der Waals surface area contributed by atoms with E-state index < -0.39 is 0 Å². The van der Waals surface area contributed by atoms with Crippen molar-refractivity contribution in [2.24, 2.45) is 0 Å². The van der Waals surface area contributed by atoms with E-state index in [1.807, 2.05) is 37.9 Å². The summed E-state index contributed by atoms with van der Waals surface area (Å²) in [4.78, 5) is 14.0. The Balaban J connectivity index is 1.87. The summed E-state index contributed by atoms with van der Waals surface area (Å²) in [6.07, 6.45) is 2.04. The minimum absolute atomic E-state index is 0.0527. The van der Waals surface area contributed by atoms with E-state index in [2.05, 4.69) is 11.4 Å². The molecular formula is C16H24N2O2. The summed E-state index contributed by atoms with van der Waals surface area (Å²) in [5.41, 5.74) is 2.27. The third kappa shape index (κ3) is 3.73. The van der Waals surface area contributed by atoms with Crippen LogP contribution in [0.5, 0.6) is 5.75 Å². The molecule has 0 aliphatic carbocycles. The lowest BCUT2D eigenvalue weighted by Gasteiger charge is -2.31. The molecule has 0 aromatic heterocycles. The summed E-state index contributed by atoms with van der Waals surface area (Å²) < 4.78 is 5.66. The van der Waals surface area contributed by atoms with Gasteiger partial charge in [0.25, 0.3) is 5.91 Å². The van der Waals surface area contributed by atoms with Crippen LogP contribution in [0.2, 0.25) is 0 Å². The van der Waals surface area contributed by atoms with Crippen LogP contribution in [-0.4, -0.2) is 43.6 Å². The van der Waals surface area contributed by atoms with Crippen molar-refractivity contribution in [3.05, 3.63) is 29.3 Å². The summed E-state index contributed by atoms with van der Waals surface area (Å²) in [5.74, 6) is 0.847. The van der Waals surface area contributed by atoms with Crippen LogP contribution >= 0.6 is 0 Å². The second-order valence-corrected chi connectivity index (χ2v) is 5.54. The maximum Gasteiger partial charge on any atom is 0.260 e. The highest BCUT2D eigenvalue weighted by molar-refractivity contribution is 5.77. The quantitative estimate of drug-likeness (QED) is 0.913. The van der Waals surface area contributed by atoms with Crippen molar-refractivity contribution in [2.45, 2.75) is 32.7 Å². The summed E-state index contributed by atoms with van der Waals surface area (Å²) in [5, 5.41) is 3.31. The van der Waals surface area contributed by atoms with Crippen molar-refractivity contribution in [3.63, 3.8) is 0 Å². The van der Waals surface area contributed by atoms with Gasteiger partial charge in [0.05, 0.1) is 0 Å². The lowest BCUT2D eigenvalue weighted by molar-refractivity contribution is -0.134. The summed E-state index contributed by atoms with van der Waals surface area (Å²) >= 11 is 0. The van der Waals surface area contributed by atoms with Gasteiger partial charge in [0, 0.05) is 13.1 Å². The van der Waals surface area contributed by atoms with E-state index in [-0.39, 0.29) is 12.5 Å². The molecule has 1 aromatic carbocycles. The molecule has 110 valence electrons. The molecular weight excluding hydrogens is 252 g/mol. The maximum absolute atomic E-state index is 12.2. The lowest BCUT2D eigenvalue weighted by atomic mass is 10.1. The molecule has 1 heterocycles. The van der Waals surface area contributed by atoms with Crippen molar-refractivity contribution in [3.8, 4) is 5.75 Å². The number of ether oxygens (including phenoxy) is 1. The number of nitrogens with one attached hydrogen (secondary N) is 1. The fourth-order valence-corrected chi connectivity index (χ4v) is 2.60. The topological polar surface area (TPSA) is 41.6 Å². The van der Waals surface area contributed by atoms with Crippen molar-refractivity contribution >= 4 is 5.91 Å². The normalized spacial score (nSPS) is 15.9. The Kier molecular flexibility index (Phi) is 5.01. The van der Waals surface area contributed by atoms with Crippen molar-refractivity contribution in [2.75, 3.05) is 26.7 Å². The van der Waals surface area contributed by atoms with Crippen LogP contribution in [0.1, 0.15) is 24.0 Å². The molecule has 0 unspecified atom stereocenters. The highest BCUT2D eigenvalue weighted by Gasteiger charge is 2.22. The van der Waals surface area contributed by atoms with Gasteiger partial charge in [-0.1, -0.05) is 17.7 Å². The van der Waals surface area contributed by atoms with Gasteiger partial charge in [-0.25, -0.2) is 0 Å². The predicted octanol–water partition coefficient (Wildman–Crippen LogP) is 1.89. The van der Waals surface area contributed by atoms with Crippen LogP contribution in [-0.2, 0) is 4.79 Å². The van der Waals surface area contributed by atoms with E-state index in [0.717, 1.165) is 37.2 Å². The molecule has 4 nitrogen and oxygen atoms in total. The van der Waals surface area contributed by atoms with Gasteiger partial charge in [-0.3, -0.25) is 4.79 Å². The standard InChI is InChI=1S/C16H24N2O2/c1-12-4-5-15(13(2)10-12)20-11-16(19)18(3)14-6-8-17-9-7-14/h4-5,10,14,17H,6-9,11H2,1-3H3. The second-order valence-electron chi connectivity index (χ2n) is 5.54. The van der Waals surface area contributed by atoms with Gasteiger partial charge in [-0.05, 0) is 51.4 Å². The molecule has 1 saturated heterocycles. The number of carbonyl (C=O) groups is 1. The molecule has 20 heavy (non-hydrogen) atoms. The molecule has 0 saturated carbocycles. The molecule has 1 aliphatic rings. The number of nitrogens with zero attached hydrogens (tertiary/aromatic N) is 1. The molecule has 1 N–H and O–H groups in total. The SMILES string of the molecule is Cc1ccc(OCC(=O)N(C)C2CCNCC2)c(C)c1. The molecule has 2 rings (SSSR count). The number of hydrogen-bond acceptors (Lipinski definition) is 3. The minimum Gasteiger partial charge on any atom is -0.484 e. The Labute approximate surface area is 121 Å². The molecule has 0 atom stereocenters. The van der Waals surface area contributed by atoms with Crippen molar-refractivity contribution in [1.82, 2.24) is 10.2 Å². The zero-order valence-corrected chi connectivity index (χ0v) is 12.6. The van der Waals surface area contributed by atoms with Crippen molar-refractivity contribution in [1.29, 1.82) is 0 Å². The molecule has 1 fully saturated rings. The van der Waals surface area contributed by atoms with E-state index in [1.165, 1.54) is 5.56 Å². The monoisotopic (exact) mass is 276 g/mol. The molecule has 1 aromatic rings. The Morgan fingerprint density at radius 1 is 1.35 bits per heavy atom. The predicted molar refractivity (Wildman–Crippen MR) is 80.1 cm³/mol. The zero-order valence-electron chi connectivity index (χ0n) is 12.6. The second kappa shape index (κ2) is 6.75. The van der Waals surface area contributed by atoms with Crippen LogP contribution in [0.25, 0.3) is 0 Å². The lowest BCUT2D eigenvalue weighted by Crippen LogP contribution is -2.45. The Morgan fingerprint density at radius 3 is 2.70 bits per heavy atom. The van der Waals surface area contributed by atoms with Crippen LogP contribution in [0.15, 0.2) is 18.2 Å². The average molecular weight is 276 g/mol. The number of rotatable bonds is 4. The molecule has 0 radical (unpaired) electrons. The first-order valence-corrected chi connectivity index (χ1v) is 7.24. The highest BCUT2D eigenvalue weighted by Crippen LogP contribution is 2.19. The molecule has 1 aliphatic heterocycles. The van der Waals surface area contributed by atoms with Crippen LogP contribution in [0.3, 0.4) is 0 Å². The molecule has 4 heteroatoms. The minimum atomic E-state index is 0.0527. The molecule has 0 spiro atoms. The fraction of sp³-hybridized carbons (Fsp3) is 0.562. The maximum atomic E-state index is 12.2. The van der Waals surface area contributed by atoms with E-state index in [0.29, 0.717) is 6.04 Å². The first kappa shape index (κ1) is 14.9. The van der Waals surface area contributed by atoms with E-state index in [9.17, 15) is 4.79 Å². The van der Waals surface area contributed by atoms with Crippen LogP contribution < -0.4 is 10.1 Å². The van der Waals surface area contributed by atoms with E-state index in [4.69, 9.17) is 4.74 Å². The number of benzene rings is 1. The number of amides is 1. The number of carbonyl (C=O) groups excluding carboxylic acids is 1. The summed E-state index contributed by atoms with van der Waals surface area (Å²) in [6.45, 7) is 6.14. The molecule has 1 amide bonds. The first-order chi connectivity index (χ1) is 9.58. The van der Waals surface area contributed by atoms with E-state index in [1.54, 1.807) is 0 Å². The van der Waals surface area contributed by atoms with Crippen LogP contribution in [0, 0.1) is 13.8 Å². The van der Waals surface area contributed by atoms with Gasteiger partial charge in [-0.2, -0.15) is 0 Å². The Morgan fingerprint density at radius 2 is 2.05 bits per heavy atom. The Hall–Kier alpha value is -1.55. The average Bonchev–Trinajstić information content (AvgIpc) is 2.46. The van der Waals surface area contributed by atoms with Gasteiger partial charge in [-0.15, -0.1) is 0 Å². The number of piperidine rings is 1. The smallest absolute Gasteiger partial charge is 0.260 e. The van der Waals surface area contributed by atoms with Gasteiger partial charge in [0.15, 0.2) is 6.61 Å². The highest BCUT2D eigenvalue weighted by atomic mass is 16.5. The van der Waals surface area contributed by atoms with Crippen LogP contribution in [0.4, 0.5) is 0 Å². The molecule has 0 bridgehead atoms. The van der Waals surface area contributed by atoms with Gasteiger partial charge < -0.3 is 15.0 Å². The number of hydrogen-bond donors (Lipinski definition) is 1. The van der Waals surface area contributed by atoms with E-state index >= 15 is 0 Å². The summed E-state index contributed by atoms with van der Waals surface area (Å²) in [6, 6.07) is 6.34. The fourth-order valence-electron chi connectivity index (χ4n) is 2.60. The van der Waals surface area contributed by atoms with Crippen molar-refractivity contribution < 1.29 is 9.53 Å². The summed E-state index contributed by atoms with van der Waals surface area (Å²) in [7, 11) is 1.88. The van der Waals surface area contributed by atoms with Gasteiger partial charge in [0.2, 0.25) is 0 Å². The van der Waals surface area contributed by atoms with Gasteiger partial charge in [0.1, 0.15) is 5.75 Å². The third-order valence-electron chi connectivity index (χ3n) is 3.93.